The fourth-order valence-electron chi connectivity index (χ4n) is 4.83. The van der Waals surface area contributed by atoms with Crippen LogP contribution in [0.1, 0.15) is 58.6 Å². The molecule has 0 bridgehead atoms. The number of aromatic amines is 1. The van der Waals surface area contributed by atoms with Gasteiger partial charge in [-0.15, -0.1) is 0 Å². The first-order chi connectivity index (χ1) is 16.5. The quantitative estimate of drug-likeness (QED) is 0.386. The minimum Gasteiger partial charge on any atom is -0.373 e. The maximum atomic E-state index is 12.6. The molecule has 34 heavy (non-hydrogen) atoms. The van der Waals surface area contributed by atoms with E-state index in [0.29, 0.717) is 22.9 Å². The fraction of sp³-hybridized carbons (Fsp3) is 0.259. The molecule has 170 valence electrons. The lowest BCUT2D eigenvalue weighted by Crippen LogP contribution is -2.32. The fourth-order valence-corrected chi connectivity index (χ4v) is 4.83. The third-order valence-electron chi connectivity index (χ3n) is 6.67. The van der Waals surface area contributed by atoms with Crippen molar-refractivity contribution in [1.82, 2.24) is 25.1 Å². The van der Waals surface area contributed by atoms with Gasteiger partial charge < -0.3 is 14.6 Å². The van der Waals surface area contributed by atoms with Crippen LogP contribution in [0.15, 0.2) is 59.4 Å². The van der Waals surface area contributed by atoms with Crippen LogP contribution in [0.4, 0.5) is 0 Å². The molecule has 0 amide bonds. The summed E-state index contributed by atoms with van der Waals surface area (Å²) in [5.41, 5.74) is 5.07. The number of rotatable bonds is 5. The minimum atomic E-state index is -1.62. The number of fused-ring (bicyclic) bond motifs is 1. The summed E-state index contributed by atoms with van der Waals surface area (Å²) in [6.07, 6.45) is 5.63. The van der Waals surface area contributed by atoms with Crippen molar-refractivity contribution in [1.29, 1.82) is 0 Å². The number of hydrogen-bond donors (Lipinski definition) is 2. The van der Waals surface area contributed by atoms with Crippen LogP contribution in [0.25, 0.3) is 22.2 Å². The molecule has 5 aromatic rings. The van der Waals surface area contributed by atoms with Gasteiger partial charge in [0.05, 0.1) is 28.1 Å². The van der Waals surface area contributed by atoms with E-state index < -0.39 is 5.60 Å². The lowest BCUT2D eigenvalue weighted by atomic mass is 9.82. The molecule has 4 heterocycles. The Bertz CT molecular complexity index is 1500. The number of aromatic nitrogens is 5. The van der Waals surface area contributed by atoms with E-state index >= 15 is 0 Å². The van der Waals surface area contributed by atoms with E-state index in [0.717, 1.165) is 57.8 Å². The van der Waals surface area contributed by atoms with Crippen LogP contribution >= 0.6 is 0 Å². The molecule has 1 atom stereocenters. The van der Waals surface area contributed by atoms with Crippen molar-refractivity contribution in [3.63, 3.8) is 0 Å². The van der Waals surface area contributed by atoms with Crippen molar-refractivity contribution >= 4 is 11.0 Å². The number of nitrogens with zero attached hydrogens (tertiary/aromatic N) is 4. The highest BCUT2D eigenvalue weighted by molar-refractivity contribution is 5.88. The molecule has 1 saturated carbocycles. The highest BCUT2D eigenvalue weighted by atomic mass is 16.5. The first-order valence-corrected chi connectivity index (χ1v) is 11.5. The summed E-state index contributed by atoms with van der Waals surface area (Å²) in [4.78, 5) is 17.7. The summed E-state index contributed by atoms with van der Waals surface area (Å²) in [6, 6.07) is 13.4. The standard InChI is InChI=1S/C27H25N5O2/c1-15-7-6-12-29-25(15)27(33,22-8-4-5-11-28-22)20-13-19(23-16(2)32-34-17(23)3)14-21-24(20)31-26(30-21)18-9-10-18/h4-8,11-14,18,33H,9-10H2,1-3H3,(H,30,31). The number of aryl methyl sites for hydroxylation is 3. The molecule has 0 spiro atoms. The normalized spacial score (nSPS) is 15.5. The largest absolute Gasteiger partial charge is 0.373 e. The molecule has 6 rings (SSSR count). The van der Waals surface area contributed by atoms with Crippen LogP contribution in [0, 0.1) is 20.8 Å². The predicted octanol–water partition coefficient (Wildman–Crippen LogP) is 5.09. The lowest BCUT2D eigenvalue weighted by Gasteiger charge is -2.29. The van der Waals surface area contributed by atoms with Crippen molar-refractivity contribution in [3.05, 3.63) is 94.7 Å². The van der Waals surface area contributed by atoms with Gasteiger partial charge in [0.25, 0.3) is 0 Å². The monoisotopic (exact) mass is 451 g/mol. The maximum absolute atomic E-state index is 12.6. The predicted molar refractivity (Wildman–Crippen MR) is 128 cm³/mol. The van der Waals surface area contributed by atoms with Crippen LogP contribution in [0.5, 0.6) is 0 Å². The Labute approximate surface area is 196 Å². The third kappa shape index (κ3) is 3.15. The second-order valence-electron chi connectivity index (χ2n) is 9.11. The molecule has 1 aliphatic rings. The average Bonchev–Trinajstić information content (AvgIpc) is 3.53. The van der Waals surface area contributed by atoms with Gasteiger partial charge in [0.1, 0.15) is 11.6 Å². The highest BCUT2D eigenvalue weighted by Crippen LogP contribution is 2.44. The molecule has 1 aromatic carbocycles. The SMILES string of the molecule is Cc1cccnc1C(O)(c1ccccn1)c1cc(-c2c(C)noc2C)cc2[nH]c(C3CC3)nc12. The Hall–Kier alpha value is -3.84. The number of benzene rings is 1. The van der Waals surface area contributed by atoms with Crippen molar-refractivity contribution in [2.45, 2.75) is 45.1 Å². The number of pyridine rings is 2. The van der Waals surface area contributed by atoms with Crippen molar-refractivity contribution in [3.8, 4) is 11.1 Å². The molecular weight excluding hydrogens is 426 g/mol. The Balaban J connectivity index is 1.72. The first kappa shape index (κ1) is 20.7. The van der Waals surface area contributed by atoms with Gasteiger partial charge in [-0.05, 0) is 75.1 Å². The molecule has 0 saturated heterocycles. The second kappa shape index (κ2) is 7.60. The van der Waals surface area contributed by atoms with Gasteiger partial charge in [0, 0.05) is 29.4 Å². The van der Waals surface area contributed by atoms with Crippen LogP contribution in [0.3, 0.4) is 0 Å². The molecule has 0 aliphatic heterocycles. The topological polar surface area (TPSA) is 101 Å². The van der Waals surface area contributed by atoms with Crippen molar-refractivity contribution in [2.24, 2.45) is 0 Å². The van der Waals surface area contributed by atoms with Gasteiger partial charge in [-0.3, -0.25) is 9.97 Å². The van der Waals surface area contributed by atoms with E-state index in [1.165, 1.54) is 0 Å². The van der Waals surface area contributed by atoms with Crippen LogP contribution in [0.2, 0.25) is 0 Å². The summed E-state index contributed by atoms with van der Waals surface area (Å²) < 4.78 is 5.47. The average molecular weight is 452 g/mol. The summed E-state index contributed by atoms with van der Waals surface area (Å²) in [5, 5.41) is 16.8. The van der Waals surface area contributed by atoms with E-state index in [-0.39, 0.29) is 0 Å². The number of hydrogen-bond acceptors (Lipinski definition) is 6. The summed E-state index contributed by atoms with van der Waals surface area (Å²) in [7, 11) is 0. The van der Waals surface area contributed by atoms with Gasteiger partial charge in [0.15, 0.2) is 5.60 Å². The van der Waals surface area contributed by atoms with E-state index in [4.69, 9.17) is 9.51 Å². The van der Waals surface area contributed by atoms with Gasteiger partial charge in [0.2, 0.25) is 0 Å². The van der Waals surface area contributed by atoms with Crippen LogP contribution in [-0.4, -0.2) is 30.2 Å². The Morgan fingerprint density at radius 1 is 1.03 bits per heavy atom. The summed E-state index contributed by atoms with van der Waals surface area (Å²) in [6.45, 7) is 5.77. The van der Waals surface area contributed by atoms with Crippen molar-refractivity contribution < 1.29 is 9.63 Å². The molecule has 1 fully saturated rings. The van der Waals surface area contributed by atoms with E-state index in [9.17, 15) is 5.11 Å². The lowest BCUT2D eigenvalue weighted by molar-refractivity contribution is 0.116. The Kier molecular flexibility index (Phi) is 4.64. The van der Waals surface area contributed by atoms with E-state index in [1.807, 2.05) is 57.2 Å². The molecule has 2 N–H and O–H groups in total. The Morgan fingerprint density at radius 2 is 1.85 bits per heavy atom. The molecule has 7 heteroatoms. The zero-order valence-electron chi connectivity index (χ0n) is 19.3. The van der Waals surface area contributed by atoms with Gasteiger partial charge in [-0.25, -0.2) is 4.98 Å². The van der Waals surface area contributed by atoms with Crippen LogP contribution in [-0.2, 0) is 5.60 Å². The van der Waals surface area contributed by atoms with E-state index in [2.05, 4.69) is 26.2 Å². The highest BCUT2D eigenvalue weighted by Gasteiger charge is 2.41. The minimum absolute atomic E-state index is 0.433. The third-order valence-corrected chi connectivity index (χ3v) is 6.67. The molecule has 7 nitrogen and oxygen atoms in total. The summed E-state index contributed by atoms with van der Waals surface area (Å²) >= 11 is 0. The number of H-pyrrole nitrogens is 1. The molecule has 1 aliphatic carbocycles. The molecule has 4 aromatic heterocycles. The van der Waals surface area contributed by atoms with Gasteiger partial charge >= 0.3 is 0 Å². The van der Waals surface area contributed by atoms with Crippen molar-refractivity contribution in [2.75, 3.05) is 0 Å². The zero-order chi connectivity index (χ0) is 23.4. The zero-order valence-corrected chi connectivity index (χ0v) is 19.3. The van der Waals surface area contributed by atoms with Gasteiger partial charge in [-0.1, -0.05) is 17.3 Å². The first-order valence-electron chi connectivity index (χ1n) is 11.5. The summed E-state index contributed by atoms with van der Waals surface area (Å²) in [5.74, 6) is 2.11. The molecule has 1 unspecified atom stereocenters. The maximum Gasteiger partial charge on any atom is 0.176 e. The Morgan fingerprint density at radius 3 is 2.53 bits per heavy atom. The van der Waals surface area contributed by atoms with Crippen LogP contribution < -0.4 is 0 Å². The number of aliphatic hydroxyl groups is 1. The second-order valence-corrected chi connectivity index (χ2v) is 9.11. The van der Waals surface area contributed by atoms with Gasteiger partial charge in [-0.2, -0.15) is 0 Å². The molecule has 0 radical (unpaired) electrons. The van der Waals surface area contributed by atoms with E-state index in [1.54, 1.807) is 12.4 Å². The smallest absolute Gasteiger partial charge is 0.176 e. The number of imidazole rings is 1. The molecular formula is C27H25N5O2. The number of nitrogens with one attached hydrogen (secondary N) is 1.